The predicted octanol–water partition coefficient (Wildman–Crippen LogP) is 2.61. The van der Waals surface area contributed by atoms with Crippen LogP contribution in [0.25, 0.3) is 0 Å². The van der Waals surface area contributed by atoms with Crippen molar-refractivity contribution >= 4 is 13.2 Å². The normalized spacial score (nSPS) is 17.1. The molecule has 1 rings (SSSR count). The molecule has 0 aromatic heterocycles. The molecule has 82 valence electrons. The second-order valence-electron chi connectivity index (χ2n) is 2.74. The molecule has 0 aromatic carbocycles. The average Bonchev–Trinajstić information content (AvgIpc) is 2.77. The molecule has 3 heteroatoms. The van der Waals surface area contributed by atoms with Gasteiger partial charge in [-0.3, -0.25) is 4.99 Å². The van der Waals surface area contributed by atoms with Gasteiger partial charge in [-0.15, -0.1) is 13.2 Å². The van der Waals surface area contributed by atoms with Gasteiger partial charge in [0.25, 0.3) is 0 Å². The Kier molecular flexibility index (Phi) is 15.8. The first-order valence-corrected chi connectivity index (χ1v) is 4.85. The monoisotopic (exact) mass is 199 g/mol. The van der Waals surface area contributed by atoms with Crippen molar-refractivity contribution < 1.29 is 9.53 Å². The van der Waals surface area contributed by atoms with Gasteiger partial charge in [0.2, 0.25) is 0 Å². The number of carbonyl (C=O) groups is 1. The molecule has 0 bridgehead atoms. The number of ether oxygens (including phenoxy) is 1. The lowest BCUT2D eigenvalue weighted by Crippen LogP contribution is -2.05. The summed E-state index contributed by atoms with van der Waals surface area (Å²) < 4.78 is 5.00. The van der Waals surface area contributed by atoms with E-state index >= 15 is 0 Å². The maximum absolute atomic E-state index is 8.00. The molecular formula is C11H21NO2. The van der Waals surface area contributed by atoms with Crippen LogP contribution in [0.4, 0.5) is 0 Å². The summed E-state index contributed by atoms with van der Waals surface area (Å²) in [5.74, 6) is 0. The van der Waals surface area contributed by atoms with Crippen LogP contribution in [-0.2, 0) is 9.53 Å². The molecule has 0 spiro atoms. The van der Waals surface area contributed by atoms with E-state index in [4.69, 9.17) is 9.53 Å². The van der Waals surface area contributed by atoms with Crippen LogP contribution in [0.3, 0.4) is 0 Å². The summed E-state index contributed by atoms with van der Waals surface area (Å²) >= 11 is 0. The fraction of sp³-hybridized carbons (Fsp3) is 0.636. The Bertz CT molecular complexity index is 135. The summed E-state index contributed by atoms with van der Waals surface area (Å²) in [6.45, 7) is 11.0. The summed E-state index contributed by atoms with van der Waals surface area (Å²) in [5, 5.41) is 0. The van der Waals surface area contributed by atoms with Crippen LogP contribution in [0.15, 0.2) is 18.2 Å². The van der Waals surface area contributed by atoms with E-state index < -0.39 is 0 Å². The van der Waals surface area contributed by atoms with Crippen LogP contribution >= 0.6 is 0 Å². The van der Waals surface area contributed by atoms with E-state index in [1.165, 1.54) is 25.7 Å². The lowest BCUT2D eigenvalue weighted by molar-refractivity contribution is -0.0979. The highest BCUT2D eigenvalue weighted by Crippen LogP contribution is 2.09. The van der Waals surface area contributed by atoms with E-state index in [0.717, 1.165) is 6.61 Å². The molecule has 0 saturated heterocycles. The molecule has 0 fully saturated rings. The number of rotatable bonds is 4. The van der Waals surface area contributed by atoms with Gasteiger partial charge >= 0.3 is 0 Å². The van der Waals surface area contributed by atoms with Crippen molar-refractivity contribution in [3.8, 4) is 0 Å². The summed E-state index contributed by atoms with van der Waals surface area (Å²) in [7, 11) is 0. The van der Waals surface area contributed by atoms with Gasteiger partial charge in [-0.25, -0.2) is 0 Å². The zero-order chi connectivity index (χ0) is 11.2. The Hall–Kier alpha value is -1.12. The van der Waals surface area contributed by atoms with Crippen molar-refractivity contribution in [3.05, 3.63) is 13.2 Å². The standard InChI is InChI=1S/C8H15NO.C2H4.CH2O/c1-2-3-4-5-8-6-10-7-9-8;2*1-2/h7-8H,2-6H2,1H3;1-2H2;1H2. The average molecular weight is 199 g/mol. The highest BCUT2D eigenvalue weighted by Gasteiger charge is 2.09. The van der Waals surface area contributed by atoms with Gasteiger partial charge in [0.1, 0.15) is 13.4 Å². The van der Waals surface area contributed by atoms with E-state index in [1.807, 2.05) is 6.79 Å². The number of aliphatic imine (C=N–C) groups is 1. The van der Waals surface area contributed by atoms with Crippen molar-refractivity contribution in [2.45, 2.75) is 38.6 Å². The minimum absolute atomic E-state index is 0.464. The molecule has 1 atom stereocenters. The first-order valence-electron chi connectivity index (χ1n) is 4.85. The van der Waals surface area contributed by atoms with Crippen LogP contribution in [0.2, 0.25) is 0 Å². The quantitative estimate of drug-likeness (QED) is 0.515. The van der Waals surface area contributed by atoms with Crippen molar-refractivity contribution in [2.24, 2.45) is 4.99 Å². The van der Waals surface area contributed by atoms with Gasteiger partial charge in [-0.05, 0) is 6.42 Å². The summed E-state index contributed by atoms with van der Waals surface area (Å²) in [6, 6.07) is 0.464. The minimum atomic E-state index is 0.464. The van der Waals surface area contributed by atoms with E-state index in [1.54, 1.807) is 6.40 Å². The molecule has 0 radical (unpaired) electrons. The first-order chi connectivity index (χ1) is 6.93. The molecule has 1 heterocycles. The van der Waals surface area contributed by atoms with E-state index in [-0.39, 0.29) is 0 Å². The third-order valence-corrected chi connectivity index (χ3v) is 1.78. The van der Waals surface area contributed by atoms with E-state index in [9.17, 15) is 0 Å². The van der Waals surface area contributed by atoms with Crippen molar-refractivity contribution in [3.63, 3.8) is 0 Å². The van der Waals surface area contributed by atoms with Gasteiger partial charge in [-0.1, -0.05) is 26.2 Å². The molecule has 0 amide bonds. The second-order valence-corrected chi connectivity index (χ2v) is 2.74. The molecule has 1 aliphatic heterocycles. The lowest BCUT2D eigenvalue weighted by atomic mass is 10.1. The van der Waals surface area contributed by atoms with Crippen molar-refractivity contribution in [1.82, 2.24) is 0 Å². The van der Waals surface area contributed by atoms with Gasteiger partial charge in [0.05, 0.1) is 6.04 Å². The van der Waals surface area contributed by atoms with E-state index in [2.05, 4.69) is 25.1 Å². The Morgan fingerprint density at radius 1 is 1.43 bits per heavy atom. The lowest BCUT2D eigenvalue weighted by Gasteiger charge is -2.02. The third kappa shape index (κ3) is 8.97. The Morgan fingerprint density at radius 3 is 2.50 bits per heavy atom. The summed E-state index contributed by atoms with van der Waals surface area (Å²) in [4.78, 5) is 12.2. The first kappa shape index (κ1) is 15.4. The molecule has 1 unspecified atom stereocenters. The van der Waals surface area contributed by atoms with Gasteiger partial charge in [0, 0.05) is 0 Å². The molecule has 0 aromatic rings. The zero-order valence-electron chi connectivity index (χ0n) is 9.08. The fourth-order valence-corrected chi connectivity index (χ4v) is 1.11. The van der Waals surface area contributed by atoms with Crippen LogP contribution < -0.4 is 0 Å². The van der Waals surface area contributed by atoms with Crippen molar-refractivity contribution in [2.75, 3.05) is 6.61 Å². The smallest absolute Gasteiger partial charge is 0.169 e. The zero-order valence-corrected chi connectivity index (χ0v) is 9.08. The number of unbranched alkanes of at least 4 members (excludes halogenated alkanes) is 2. The second kappa shape index (κ2) is 14.4. The highest BCUT2D eigenvalue weighted by molar-refractivity contribution is 5.48. The third-order valence-electron chi connectivity index (χ3n) is 1.78. The molecule has 0 N–H and O–H groups in total. The van der Waals surface area contributed by atoms with Crippen LogP contribution in [0.1, 0.15) is 32.6 Å². The van der Waals surface area contributed by atoms with Crippen molar-refractivity contribution in [1.29, 1.82) is 0 Å². The van der Waals surface area contributed by atoms with E-state index in [0.29, 0.717) is 6.04 Å². The predicted molar refractivity (Wildman–Crippen MR) is 60.7 cm³/mol. The number of carbonyl (C=O) groups excluding carboxylic acids is 1. The Balaban J connectivity index is 0. The molecule has 3 nitrogen and oxygen atoms in total. The number of hydrogen-bond acceptors (Lipinski definition) is 3. The summed E-state index contributed by atoms with van der Waals surface area (Å²) in [5.41, 5.74) is 0. The maximum Gasteiger partial charge on any atom is 0.169 e. The molecule has 14 heavy (non-hydrogen) atoms. The largest absolute Gasteiger partial charge is 0.481 e. The molecule has 0 aliphatic carbocycles. The minimum Gasteiger partial charge on any atom is -0.481 e. The maximum atomic E-state index is 8.00. The molecule has 1 aliphatic rings. The van der Waals surface area contributed by atoms with Crippen LogP contribution in [0.5, 0.6) is 0 Å². The Labute approximate surface area is 86.9 Å². The Morgan fingerprint density at radius 2 is 2.07 bits per heavy atom. The molecular weight excluding hydrogens is 178 g/mol. The summed E-state index contributed by atoms with van der Waals surface area (Å²) in [6.07, 6.45) is 6.69. The van der Waals surface area contributed by atoms with Gasteiger partial charge in [-0.2, -0.15) is 0 Å². The fourth-order valence-electron chi connectivity index (χ4n) is 1.11. The van der Waals surface area contributed by atoms with Crippen LogP contribution in [0, 0.1) is 0 Å². The topological polar surface area (TPSA) is 38.7 Å². The highest BCUT2D eigenvalue weighted by atomic mass is 16.5. The van der Waals surface area contributed by atoms with Gasteiger partial charge < -0.3 is 9.53 Å². The number of nitrogens with zero attached hydrogens (tertiary/aromatic N) is 1. The van der Waals surface area contributed by atoms with Crippen LogP contribution in [-0.4, -0.2) is 25.8 Å². The SMILES string of the molecule is C=C.C=O.CCCCCC1COC=N1. The van der Waals surface area contributed by atoms with Gasteiger partial charge in [0.15, 0.2) is 6.40 Å². The number of hydrogen-bond donors (Lipinski definition) is 0. The molecule has 0 saturated carbocycles.